The van der Waals surface area contributed by atoms with Gasteiger partial charge < -0.3 is 14.7 Å². The Hall–Kier alpha value is -7.12. The van der Waals surface area contributed by atoms with E-state index in [1.165, 1.54) is 71.8 Å². The van der Waals surface area contributed by atoms with Crippen LogP contribution in [0.4, 0.5) is 51.2 Å². The summed E-state index contributed by atoms with van der Waals surface area (Å²) in [6, 6.07) is 81.5. The number of para-hydroxylation sites is 4. The van der Waals surface area contributed by atoms with Crippen LogP contribution >= 0.6 is 0 Å². The van der Waals surface area contributed by atoms with E-state index in [0.29, 0.717) is 0 Å². The molecule has 0 fully saturated rings. The molecule has 0 amide bonds. The van der Waals surface area contributed by atoms with E-state index < -0.39 is 16.1 Å². The zero-order chi connectivity index (χ0) is 45.2. The first kappa shape index (κ1) is 41.6. The van der Waals surface area contributed by atoms with Crippen LogP contribution in [0.2, 0.25) is 39.3 Å². The molecule has 2 heterocycles. The molecule has 0 atom stereocenters. The van der Waals surface area contributed by atoms with Crippen molar-refractivity contribution in [3.8, 4) is 22.3 Å². The summed E-state index contributed by atoms with van der Waals surface area (Å²) in [4.78, 5) is 7.64. The highest BCUT2D eigenvalue weighted by Crippen LogP contribution is 2.50. The summed E-state index contributed by atoms with van der Waals surface area (Å²) >= 11 is 0. The van der Waals surface area contributed by atoms with Crippen molar-refractivity contribution in [1.82, 2.24) is 0 Å². The van der Waals surface area contributed by atoms with Crippen molar-refractivity contribution in [1.29, 1.82) is 0 Å². The number of rotatable bonds is 9. The first-order chi connectivity index (χ1) is 32.0. The number of hydrogen-bond donors (Lipinski definition) is 0. The monoisotopic (exact) mass is 883 g/mol. The summed E-state index contributed by atoms with van der Waals surface area (Å²) in [5.74, 6) is 0. The van der Waals surface area contributed by atoms with Gasteiger partial charge in [0.15, 0.2) is 0 Å². The summed E-state index contributed by atoms with van der Waals surface area (Å²) in [5.41, 5.74) is 19.3. The Morgan fingerprint density at radius 1 is 0.333 bits per heavy atom. The van der Waals surface area contributed by atoms with E-state index in [1.54, 1.807) is 0 Å². The van der Waals surface area contributed by atoms with Gasteiger partial charge in [0.05, 0.1) is 33.2 Å². The predicted molar refractivity (Wildman–Crippen MR) is 292 cm³/mol. The Bertz CT molecular complexity index is 3020. The van der Waals surface area contributed by atoms with Gasteiger partial charge in [0, 0.05) is 45.3 Å². The van der Waals surface area contributed by atoms with Gasteiger partial charge in [-0.2, -0.15) is 0 Å². The van der Waals surface area contributed by atoms with Crippen LogP contribution in [-0.2, 0) is 0 Å². The van der Waals surface area contributed by atoms with Crippen LogP contribution < -0.4 is 41.5 Å². The average molecular weight is 884 g/mol. The molecule has 0 aliphatic carbocycles. The third-order valence-corrected chi connectivity index (χ3v) is 17.6. The molecule has 3 nitrogen and oxygen atoms in total. The minimum Gasteiger partial charge on any atom is -0.311 e. The second kappa shape index (κ2) is 16.4. The molecule has 0 saturated heterocycles. The maximum Gasteiger partial charge on any atom is 0.252 e. The van der Waals surface area contributed by atoms with Gasteiger partial charge in [0.1, 0.15) is 0 Å². The lowest BCUT2D eigenvalue weighted by Crippen LogP contribution is -2.63. The minimum absolute atomic E-state index is 0.0103. The van der Waals surface area contributed by atoms with Crippen LogP contribution in [0, 0.1) is 0 Å². The SMILES string of the molecule is C[Si](C)(C)c1ccc2c(c1)B1c3cc([Si](C)(C)C)ccc3N(c3ccccc3-c3ccccc3)c3cc(N(c4ccccc4)c4ccccc4)cc(c31)N2c1ccccc1-c1ccccc1. The smallest absolute Gasteiger partial charge is 0.252 e. The zero-order valence-electron chi connectivity index (χ0n) is 38.7. The standard InChI is InChI=1S/C60H54BN3Si2/c1-65(2,3)48-35-37-56-52(41-48)61-53-42-49(66(4,5)6)36-38-57(53)64(55-34-22-20-32-51(55)44-25-13-8-14-26-44)59-40-47(62(45-27-15-9-16-28-45)46-29-17-10-18-30-46)39-58(60(59)61)63(56)54-33-21-19-31-50(54)43-23-11-7-12-24-43/h7-42H,1-6H3. The van der Waals surface area contributed by atoms with Crippen LogP contribution in [0.5, 0.6) is 0 Å². The van der Waals surface area contributed by atoms with Crippen molar-refractivity contribution in [2.75, 3.05) is 14.7 Å². The third-order valence-electron chi connectivity index (χ3n) is 13.5. The molecule has 2 aliphatic heterocycles. The van der Waals surface area contributed by atoms with Gasteiger partial charge >= 0.3 is 0 Å². The van der Waals surface area contributed by atoms with Gasteiger partial charge in [0.25, 0.3) is 6.71 Å². The van der Waals surface area contributed by atoms with Crippen LogP contribution in [0.25, 0.3) is 22.3 Å². The van der Waals surface area contributed by atoms with E-state index in [0.717, 1.165) is 28.4 Å². The van der Waals surface area contributed by atoms with Crippen molar-refractivity contribution >= 4 is 101 Å². The van der Waals surface area contributed by atoms with E-state index >= 15 is 0 Å². The van der Waals surface area contributed by atoms with Crippen molar-refractivity contribution in [3.05, 3.63) is 218 Å². The van der Waals surface area contributed by atoms with Gasteiger partial charge in [-0.25, -0.2) is 0 Å². The van der Waals surface area contributed by atoms with E-state index in [4.69, 9.17) is 0 Å². The van der Waals surface area contributed by atoms with Gasteiger partial charge in [-0.15, -0.1) is 0 Å². The fourth-order valence-corrected chi connectivity index (χ4v) is 12.6. The van der Waals surface area contributed by atoms with E-state index in [1.807, 2.05) is 0 Å². The lowest BCUT2D eigenvalue weighted by atomic mass is 9.33. The number of nitrogens with zero attached hydrogens (tertiary/aromatic N) is 3. The Kier molecular flexibility index (Phi) is 10.3. The lowest BCUT2D eigenvalue weighted by molar-refractivity contribution is 1.23. The second-order valence-electron chi connectivity index (χ2n) is 19.8. The molecule has 6 heteroatoms. The molecular formula is C60H54BN3Si2. The Morgan fingerprint density at radius 2 is 0.697 bits per heavy atom. The number of fused-ring (bicyclic) bond motifs is 4. The van der Waals surface area contributed by atoms with Crippen LogP contribution in [0.3, 0.4) is 0 Å². The van der Waals surface area contributed by atoms with E-state index in [9.17, 15) is 0 Å². The number of hydrogen-bond acceptors (Lipinski definition) is 3. The Morgan fingerprint density at radius 3 is 1.09 bits per heavy atom. The fraction of sp³-hybridized carbons (Fsp3) is 0.100. The highest BCUT2D eigenvalue weighted by molar-refractivity contribution is 7.01. The molecule has 9 aromatic rings. The molecule has 9 aromatic carbocycles. The minimum atomic E-state index is -1.76. The van der Waals surface area contributed by atoms with Gasteiger partial charge in [-0.1, -0.05) is 207 Å². The summed E-state index contributed by atoms with van der Waals surface area (Å²) in [6.45, 7) is 14.9. The molecule has 320 valence electrons. The van der Waals surface area contributed by atoms with Crippen molar-refractivity contribution in [2.24, 2.45) is 0 Å². The molecule has 0 N–H and O–H groups in total. The van der Waals surface area contributed by atoms with Crippen molar-refractivity contribution in [3.63, 3.8) is 0 Å². The molecule has 0 saturated carbocycles. The predicted octanol–water partition coefficient (Wildman–Crippen LogP) is 13.7. The molecule has 0 aromatic heterocycles. The van der Waals surface area contributed by atoms with Crippen molar-refractivity contribution in [2.45, 2.75) is 39.3 Å². The maximum absolute atomic E-state index is 2.60. The zero-order valence-corrected chi connectivity index (χ0v) is 40.7. The Labute approximate surface area is 393 Å². The van der Waals surface area contributed by atoms with Crippen LogP contribution in [0.1, 0.15) is 0 Å². The topological polar surface area (TPSA) is 9.72 Å². The van der Waals surface area contributed by atoms with Gasteiger partial charge in [0.2, 0.25) is 0 Å². The molecule has 2 aliphatic rings. The quantitative estimate of drug-likeness (QED) is 0.134. The third kappa shape index (κ3) is 7.22. The van der Waals surface area contributed by atoms with E-state index in [-0.39, 0.29) is 6.71 Å². The number of benzene rings is 9. The molecular weight excluding hydrogens is 830 g/mol. The fourth-order valence-electron chi connectivity index (χ4n) is 10.2. The summed E-state index contributed by atoms with van der Waals surface area (Å²) in [5, 5.41) is 2.94. The van der Waals surface area contributed by atoms with E-state index in [2.05, 4.69) is 272 Å². The molecule has 0 spiro atoms. The first-order valence-corrected chi connectivity index (χ1v) is 30.3. The Balaban J connectivity index is 1.31. The molecule has 0 unspecified atom stereocenters. The first-order valence-electron chi connectivity index (χ1n) is 23.3. The van der Waals surface area contributed by atoms with Gasteiger partial charge in [-0.3, -0.25) is 0 Å². The van der Waals surface area contributed by atoms with Crippen molar-refractivity contribution < 1.29 is 0 Å². The lowest BCUT2D eigenvalue weighted by Gasteiger charge is -2.46. The normalized spacial score (nSPS) is 12.9. The maximum atomic E-state index is 2.60. The average Bonchev–Trinajstić information content (AvgIpc) is 3.34. The van der Waals surface area contributed by atoms with Crippen LogP contribution in [0.15, 0.2) is 218 Å². The second-order valence-corrected chi connectivity index (χ2v) is 30.0. The molecule has 0 bridgehead atoms. The molecule has 11 rings (SSSR count). The summed E-state index contributed by atoms with van der Waals surface area (Å²) < 4.78 is 0. The van der Waals surface area contributed by atoms with Gasteiger partial charge in [-0.05, 0) is 88.2 Å². The summed E-state index contributed by atoms with van der Waals surface area (Å²) in [6.07, 6.45) is 0. The largest absolute Gasteiger partial charge is 0.311 e. The molecule has 66 heavy (non-hydrogen) atoms. The molecule has 0 radical (unpaired) electrons. The highest BCUT2D eigenvalue weighted by atomic mass is 28.3. The van der Waals surface area contributed by atoms with Crippen LogP contribution in [-0.4, -0.2) is 22.9 Å². The number of anilines is 9. The highest BCUT2D eigenvalue weighted by Gasteiger charge is 2.45. The summed E-state index contributed by atoms with van der Waals surface area (Å²) in [7, 11) is -3.52.